The lowest BCUT2D eigenvalue weighted by Gasteiger charge is -2.27. The van der Waals surface area contributed by atoms with Gasteiger partial charge in [0.25, 0.3) is 5.95 Å². The monoisotopic (exact) mass is 431 g/mol. The number of nitrogens with one attached hydrogen (secondary N) is 1. The molecule has 3 heterocycles. The van der Waals surface area contributed by atoms with Crippen LogP contribution >= 0.6 is 0 Å². The predicted octanol–water partition coefficient (Wildman–Crippen LogP) is 3.14. The minimum Gasteiger partial charge on any atom is -0.354 e. The van der Waals surface area contributed by atoms with Gasteiger partial charge in [0.1, 0.15) is 17.5 Å². The molecule has 0 radical (unpaired) electrons. The number of hydrogen-bond donors (Lipinski definition) is 1. The Morgan fingerprint density at radius 1 is 1.34 bits per heavy atom. The zero-order chi connectivity index (χ0) is 23.0. The van der Waals surface area contributed by atoms with Crippen molar-refractivity contribution in [2.24, 2.45) is 0 Å². The number of aromatic nitrogens is 3. The van der Waals surface area contributed by atoms with E-state index in [0.717, 1.165) is 42.0 Å². The minimum absolute atomic E-state index is 0.0274. The average molecular weight is 432 g/mol. The van der Waals surface area contributed by atoms with E-state index >= 15 is 0 Å². The number of anilines is 2. The van der Waals surface area contributed by atoms with Gasteiger partial charge in [-0.25, -0.2) is 0 Å². The standard InChI is InChI=1S/C24H29N7O/c1-6-30(17(3)32)23-27-21-19(14-25)16(2)20(18-10-8-7-9-11-18)22(31(21)28-23)29-13-12-24(4,15-29)26-5/h7-11,26H,6,12-13,15H2,1-5H3/t24-/m0/s1. The van der Waals surface area contributed by atoms with Crippen LogP contribution in [-0.2, 0) is 4.79 Å². The van der Waals surface area contributed by atoms with E-state index in [1.165, 1.54) is 11.8 Å². The van der Waals surface area contributed by atoms with Crippen LogP contribution in [0.15, 0.2) is 30.3 Å². The van der Waals surface area contributed by atoms with Crippen molar-refractivity contribution in [1.29, 1.82) is 5.26 Å². The summed E-state index contributed by atoms with van der Waals surface area (Å²) >= 11 is 0. The summed E-state index contributed by atoms with van der Waals surface area (Å²) in [7, 11) is 1.99. The molecule has 1 aliphatic rings. The Labute approximate surface area is 188 Å². The van der Waals surface area contributed by atoms with Crippen molar-refractivity contribution in [3.8, 4) is 17.2 Å². The molecule has 3 aromatic rings. The zero-order valence-electron chi connectivity index (χ0n) is 19.3. The highest BCUT2D eigenvalue weighted by atomic mass is 16.2. The van der Waals surface area contributed by atoms with E-state index < -0.39 is 0 Å². The van der Waals surface area contributed by atoms with E-state index in [9.17, 15) is 10.1 Å². The lowest BCUT2D eigenvalue weighted by atomic mass is 9.97. The summed E-state index contributed by atoms with van der Waals surface area (Å²) in [5, 5.41) is 18.2. The number of pyridine rings is 1. The number of hydrogen-bond acceptors (Lipinski definition) is 6. The zero-order valence-corrected chi connectivity index (χ0v) is 19.3. The van der Waals surface area contributed by atoms with Crippen LogP contribution in [0.5, 0.6) is 0 Å². The molecule has 2 aromatic heterocycles. The third kappa shape index (κ3) is 3.49. The summed E-state index contributed by atoms with van der Waals surface area (Å²) in [5.74, 6) is 1.09. The van der Waals surface area contributed by atoms with Crippen molar-refractivity contribution >= 4 is 23.3 Å². The third-order valence-corrected chi connectivity index (χ3v) is 6.48. The molecule has 32 heavy (non-hydrogen) atoms. The Morgan fingerprint density at radius 2 is 2.06 bits per heavy atom. The normalized spacial score (nSPS) is 18.2. The van der Waals surface area contributed by atoms with Crippen LogP contribution in [0, 0.1) is 18.3 Å². The van der Waals surface area contributed by atoms with Gasteiger partial charge in [0.05, 0.1) is 0 Å². The van der Waals surface area contributed by atoms with E-state index in [0.29, 0.717) is 23.7 Å². The smallest absolute Gasteiger partial charge is 0.252 e. The lowest BCUT2D eigenvalue weighted by Crippen LogP contribution is -2.42. The van der Waals surface area contributed by atoms with Gasteiger partial charge in [-0.2, -0.15) is 14.8 Å². The molecular weight excluding hydrogens is 402 g/mol. The van der Waals surface area contributed by atoms with Gasteiger partial charge in [-0.1, -0.05) is 30.3 Å². The Hall–Kier alpha value is -3.44. The summed E-state index contributed by atoms with van der Waals surface area (Å²) < 4.78 is 1.76. The summed E-state index contributed by atoms with van der Waals surface area (Å²) in [4.78, 5) is 20.7. The summed E-state index contributed by atoms with van der Waals surface area (Å²) in [6.45, 7) is 9.66. The number of amides is 1. The van der Waals surface area contributed by atoms with Crippen LogP contribution in [0.25, 0.3) is 16.8 Å². The van der Waals surface area contributed by atoms with Crippen molar-refractivity contribution in [3.05, 3.63) is 41.5 Å². The van der Waals surface area contributed by atoms with Gasteiger partial charge in [0, 0.05) is 37.7 Å². The minimum atomic E-state index is -0.132. The summed E-state index contributed by atoms with van der Waals surface area (Å²) in [5.41, 5.74) is 3.78. The van der Waals surface area contributed by atoms with Crippen LogP contribution in [-0.4, -0.2) is 52.7 Å². The van der Waals surface area contributed by atoms with Crippen LogP contribution in [0.4, 0.5) is 11.8 Å². The molecule has 1 aliphatic heterocycles. The molecule has 0 unspecified atom stereocenters. The maximum Gasteiger partial charge on any atom is 0.252 e. The van der Waals surface area contributed by atoms with Gasteiger partial charge in [0.2, 0.25) is 5.91 Å². The van der Waals surface area contributed by atoms with E-state index in [2.05, 4.69) is 40.3 Å². The van der Waals surface area contributed by atoms with Crippen LogP contribution in [0.3, 0.4) is 0 Å². The van der Waals surface area contributed by atoms with Gasteiger partial charge < -0.3 is 10.2 Å². The van der Waals surface area contributed by atoms with Crippen LogP contribution in [0.2, 0.25) is 0 Å². The molecule has 1 amide bonds. The molecule has 0 spiro atoms. The largest absolute Gasteiger partial charge is 0.354 e. The van der Waals surface area contributed by atoms with E-state index in [-0.39, 0.29) is 11.4 Å². The SMILES string of the molecule is CCN(C(C)=O)c1nc2c(C#N)c(C)c(-c3ccccc3)c(N3CC[C@](C)(NC)C3)n2n1. The number of benzene rings is 1. The molecule has 1 atom stereocenters. The van der Waals surface area contributed by atoms with Crippen molar-refractivity contribution in [2.45, 2.75) is 39.7 Å². The number of carbonyl (C=O) groups excluding carboxylic acids is 1. The molecule has 166 valence electrons. The molecule has 4 rings (SSSR count). The molecule has 1 fully saturated rings. The molecule has 0 bridgehead atoms. The fraction of sp³-hybridized carbons (Fsp3) is 0.417. The van der Waals surface area contributed by atoms with E-state index in [1.54, 1.807) is 4.52 Å². The van der Waals surface area contributed by atoms with Crippen LogP contribution < -0.4 is 15.1 Å². The Balaban J connectivity index is 2.06. The molecule has 1 N–H and O–H groups in total. The average Bonchev–Trinajstić information content (AvgIpc) is 3.38. The molecule has 8 heteroatoms. The van der Waals surface area contributed by atoms with Gasteiger partial charge in [-0.05, 0) is 45.4 Å². The van der Waals surface area contributed by atoms with Gasteiger partial charge in [-0.3, -0.25) is 9.69 Å². The number of fused-ring (bicyclic) bond motifs is 1. The van der Waals surface area contributed by atoms with Gasteiger partial charge >= 0.3 is 0 Å². The number of carbonyl (C=O) groups is 1. The first-order valence-electron chi connectivity index (χ1n) is 10.9. The van der Waals surface area contributed by atoms with Crippen molar-refractivity contribution < 1.29 is 4.79 Å². The second-order valence-corrected chi connectivity index (χ2v) is 8.57. The Kier molecular flexibility index (Phi) is 5.61. The molecule has 1 saturated heterocycles. The van der Waals surface area contributed by atoms with Gasteiger partial charge in [-0.15, -0.1) is 5.10 Å². The van der Waals surface area contributed by atoms with Crippen molar-refractivity contribution in [2.75, 3.05) is 36.5 Å². The first-order chi connectivity index (χ1) is 15.3. The van der Waals surface area contributed by atoms with Crippen molar-refractivity contribution in [1.82, 2.24) is 19.9 Å². The quantitative estimate of drug-likeness (QED) is 0.668. The third-order valence-electron chi connectivity index (χ3n) is 6.48. The molecule has 1 aromatic carbocycles. The second kappa shape index (κ2) is 8.24. The highest BCUT2D eigenvalue weighted by molar-refractivity contribution is 5.91. The molecule has 0 aliphatic carbocycles. The maximum absolute atomic E-state index is 12.2. The number of nitrogens with zero attached hydrogens (tertiary/aromatic N) is 6. The lowest BCUT2D eigenvalue weighted by molar-refractivity contribution is -0.116. The molecular formula is C24H29N7O. The second-order valence-electron chi connectivity index (χ2n) is 8.57. The van der Waals surface area contributed by atoms with Crippen molar-refractivity contribution in [3.63, 3.8) is 0 Å². The maximum atomic E-state index is 12.2. The fourth-order valence-electron chi connectivity index (χ4n) is 4.52. The number of rotatable bonds is 5. The number of nitriles is 1. The van der Waals surface area contributed by atoms with E-state index in [1.807, 2.05) is 39.1 Å². The van der Waals surface area contributed by atoms with Gasteiger partial charge in [0.15, 0.2) is 5.65 Å². The topological polar surface area (TPSA) is 89.6 Å². The van der Waals surface area contributed by atoms with Crippen LogP contribution in [0.1, 0.15) is 38.3 Å². The predicted molar refractivity (Wildman–Crippen MR) is 126 cm³/mol. The highest BCUT2D eigenvalue weighted by Crippen LogP contribution is 2.40. The van der Waals surface area contributed by atoms with E-state index in [4.69, 9.17) is 5.10 Å². The first-order valence-corrected chi connectivity index (χ1v) is 10.9. The fourth-order valence-corrected chi connectivity index (χ4v) is 4.52. The Morgan fingerprint density at radius 3 is 2.62 bits per heavy atom. The number of likely N-dealkylation sites (N-methyl/N-ethyl adjacent to an activating group) is 1. The molecule has 8 nitrogen and oxygen atoms in total. The first kappa shape index (κ1) is 21.8. The highest BCUT2D eigenvalue weighted by Gasteiger charge is 2.36. The molecule has 0 saturated carbocycles. The summed E-state index contributed by atoms with van der Waals surface area (Å²) in [6, 6.07) is 12.4. The Bertz CT molecular complexity index is 1210. The summed E-state index contributed by atoms with van der Waals surface area (Å²) in [6.07, 6.45) is 0.981.